The molecule has 2 aromatic rings. The van der Waals surface area contributed by atoms with Crippen LogP contribution in [0, 0.1) is 11.7 Å². The van der Waals surface area contributed by atoms with E-state index in [0.29, 0.717) is 25.2 Å². The van der Waals surface area contributed by atoms with Crippen LogP contribution >= 0.6 is 11.6 Å². The number of nitrogens with two attached hydrogens (primary N) is 1. The highest BCUT2D eigenvalue weighted by atomic mass is 35.5. The molecule has 1 heterocycles. The molecule has 1 aliphatic rings. The summed E-state index contributed by atoms with van der Waals surface area (Å²) in [4.78, 5) is 14.5. The maximum Gasteiger partial charge on any atom is 0.255 e. The second-order valence-corrected chi connectivity index (χ2v) is 6.25. The zero-order valence-corrected chi connectivity index (χ0v) is 13.3. The van der Waals surface area contributed by atoms with Gasteiger partial charge in [0.1, 0.15) is 5.82 Å². The molecule has 1 fully saturated rings. The van der Waals surface area contributed by atoms with Gasteiger partial charge < -0.3 is 10.6 Å². The maximum absolute atomic E-state index is 13.2. The van der Waals surface area contributed by atoms with E-state index in [-0.39, 0.29) is 22.8 Å². The lowest BCUT2D eigenvalue weighted by Crippen LogP contribution is -2.30. The zero-order valence-electron chi connectivity index (χ0n) is 12.6. The Morgan fingerprint density at radius 3 is 2.61 bits per heavy atom. The number of nitrogens with zero attached hydrogens (tertiary/aromatic N) is 1. The van der Waals surface area contributed by atoms with E-state index in [4.69, 9.17) is 17.3 Å². The molecule has 0 saturated carbocycles. The lowest BCUT2D eigenvalue weighted by atomic mass is 9.89. The van der Waals surface area contributed by atoms with Crippen LogP contribution in [-0.2, 0) is 0 Å². The Balaban J connectivity index is 1.83. The van der Waals surface area contributed by atoms with Crippen molar-refractivity contribution >= 4 is 17.5 Å². The van der Waals surface area contributed by atoms with Crippen LogP contribution in [0.1, 0.15) is 21.8 Å². The van der Waals surface area contributed by atoms with Gasteiger partial charge in [0.25, 0.3) is 5.91 Å². The highest BCUT2D eigenvalue weighted by Gasteiger charge is 2.36. The first kappa shape index (κ1) is 16.0. The van der Waals surface area contributed by atoms with Gasteiger partial charge in [0.05, 0.1) is 10.6 Å². The van der Waals surface area contributed by atoms with Crippen molar-refractivity contribution in [3.8, 4) is 0 Å². The first-order valence-corrected chi connectivity index (χ1v) is 7.97. The van der Waals surface area contributed by atoms with Gasteiger partial charge in [0, 0.05) is 19.0 Å². The number of carbonyl (C=O) groups excluding carboxylic acids is 1. The standard InChI is InChI=1S/C18H18ClFN2O/c19-17-8-14(20)6-7-15(17)18(23)22-10-13(9-21)16(11-22)12-4-2-1-3-5-12/h1-8,13,16H,9-11,21H2/t13-,16+/m1/s1. The van der Waals surface area contributed by atoms with E-state index in [9.17, 15) is 9.18 Å². The molecule has 0 unspecified atom stereocenters. The van der Waals surface area contributed by atoms with Gasteiger partial charge >= 0.3 is 0 Å². The Bertz CT molecular complexity index is 707. The molecule has 5 heteroatoms. The molecule has 1 amide bonds. The molecule has 0 aromatic heterocycles. The third-order valence-electron chi connectivity index (χ3n) is 4.42. The summed E-state index contributed by atoms with van der Waals surface area (Å²) in [7, 11) is 0. The van der Waals surface area contributed by atoms with Crippen LogP contribution in [0.5, 0.6) is 0 Å². The average molecular weight is 333 g/mol. The molecule has 1 saturated heterocycles. The fraction of sp³-hybridized carbons (Fsp3) is 0.278. The van der Waals surface area contributed by atoms with Crippen molar-refractivity contribution in [3.63, 3.8) is 0 Å². The predicted molar refractivity (Wildman–Crippen MR) is 89.0 cm³/mol. The second kappa shape index (κ2) is 6.69. The predicted octanol–water partition coefficient (Wildman–Crippen LogP) is 3.29. The second-order valence-electron chi connectivity index (χ2n) is 5.85. The van der Waals surface area contributed by atoms with Gasteiger partial charge in [-0.25, -0.2) is 4.39 Å². The third kappa shape index (κ3) is 3.23. The van der Waals surface area contributed by atoms with E-state index in [1.165, 1.54) is 23.8 Å². The van der Waals surface area contributed by atoms with Gasteiger partial charge in [-0.05, 0) is 36.2 Å². The number of hydrogen-bond acceptors (Lipinski definition) is 2. The van der Waals surface area contributed by atoms with Crippen LogP contribution in [0.4, 0.5) is 4.39 Å². The van der Waals surface area contributed by atoms with E-state index in [0.717, 1.165) is 0 Å². The monoisotopic (exact) mass is 332 g/mol. The molecule has 0 spiro atoms. The summed E-state index contributed by atoms with van der Waals surface area (Å²) in [5.74, 6) is -0.202. The smallest absolute Gasteiger partial charge is 0.255 e. The Kier molecular flexibility index (Phi) is 4.64. The van der Waals surface area contributed by atoms with Crippen LogP contribution in [0.15, 0.2) is 48.5 Å². The van der Waals surface area contributed by atoms with Crippen LogP contribution in [0.25, 0.3) is 0 Å². The maximum atomic E-state index is 13.2. The molecule has 0 radical (unpaired) electrons. The van der Waals surface area contributed by atoms with Crippen molar-refractivity contribution in [2.24, 2.45) is 11.7 Å². The molecular weight excluding hydrogens is 315 g/mol. The van der Waals surface area contributed by atoms with Crippen LogP contribution < -0.4 is 5.73 Å². The Morgan fingerprint density at radius 2 is 1.96 bits per heavy atom. The minimum absolute atomic E-state index is 0.141. The Hall–Kier alpha value is -1.91. The fourth-order valence-corrected chi connectivity index (χ4v) is 3.44. The van der Waals surface area contributed by atoms with Crippen molar-refractivity contribution in [2.75, 3.05) is 19.6 Å². The Labute approximate surface area is 139 Å². The lowest BCUT2D eigenvalue weighted by Gasteiger charge is -2.17. The third-order valence-corrected chi connectivity index (χ3v) is 4.73. The minimum Gasteiger partial charge on any atom is -0.338 e. The van der Waals surface area contributed by atoms with Gasteiger partial charge in [-0.2, -0.15) is 0 Å². The quantitative estimate of drug-likeness (QED) is 0.937. The SMILES string of the molecule is NC[C@@H]1CN(C(=O)c2ccc(F)cc2Cl)C[C@H]1c1ccccc1. The molecule has 2 atom stereocenters. The number of hydrogen-bond donors (Lipinski definition) is 1. The normalized spacial score (nSPS) is 20.7. The number of amides is 1. The van der Waals surface area contributed by atoms with Crippen molar-refractivity contribution in [2.45, 2.75) is 5.92 Å². The first-order valence-electron chi connectivity index (χ1n) is 7.59. The van der Waals surface area contributed by atoms with Crippen molar-refractivity contribution in [1.82, 2.24) is 4.90 Å². The summed E-state index contributed by atoms with van der Waals surface area (Å²) in [6, 6.07) is 13.9. The largest absolute Gasteiger partial charge is 0.338 e. The highest BCUT2D eigenvalue weighted by Crippen LogP contribution is 2.33. The fourth-order valence-electron chi connectivity index (χ4n) is 3.19. The van der Waals surface area contributed by atoms with Crippen LogP contribution in [0.3, 0.4) is 0 Å². The molecule has 2 N–H and O–H groups in total. The molecular formula is C18H18ClFN2O. The van der Waals surface area contributed by atoms with Crippen molar-refractivity contribution in [1.29, 1.82) is 0 Å². The van der Waals surface area contributed by atoms with E-state index >= 15 is 0 Å². The minimum atomic E-state index is -0.449. The average Bonchev–Trinajstić information content (AvgIpc) is 2.99. The summed E-state index contributed by atoms with van der Waals surface area (Å²) in [5, 5.41) is 0.141. The summed E-state index contributed by atoms with van der Waals surface area (Å²) in [6.45, 7) is 1.70. The highest BCUT2D eigenvalue weighted by molar-refractivity contribution is 6.33. The summed E-state index contributed by atoms with van der Waals surface area (Å²) < 4.78 is 13.2. The molecule has 23 heavy (non-hydrogen) atoms. The van der Waals surface area contributed by atoms with Gasteiger partial charge in [-0.15, -0.1) is 0 Å². The molecule has 0 bridgehead atoms. The molecule has 0 aliphatic carbocycles. The number of carbonyl (C=O) groups is 1. The van der Waals surface area contributed by atoms with Gasteiger partial charge in [0.15, 0.2) is 0 Å². The van der Waals surface area contributed by atoms with E-state index < -0.39 is 5.82 Å². The van der Waals surface area contributed by atoms with E-state index in [1.807, 2.05) is 18.2 Å². The number of rotatable bonds is 3. The lowest BCUT2D eigenvalue weighted by molar-refractivity contribution is 0.0786. The van der Waals surface area contributed by atoms with Crippen LogP contribution in [0.2, 0.25) is 5.02 Å². The summed E-state index contributed by atoms with van der Waals surface area (Å²) in [5.41, 5.74) is 7.41. The van der Waals surface area contributed by atoms with Gasteiger partial charge in [-0.3, -0.25) is 4.79 Å². The number of halogens is 2. The molecule has 1 aliphatic heterocycles. The molecule has 3 rings (SSSR count). The number of likely N-dealkylation sites (tertiary alicyclic amines) is 1. The zero-order chi connectivity index (χ0) is 16.4. The van der Waals surface area contributed by atoms with Crippen LogP contribution in [-0.4, -0.2) is 30.4 Å². The summed E-state index contributed by atoms with van der Waals surface area (Å²) in [6.07, 6.45) is 0. The topological polar surface area (TPSA) is 46.3 Å². The first-order chi connectivity index (χ1) is 11.1. The molecule has 120 valence electrons. The van der Waals surface area contributed by atoms with E-state index in [2.05, 4.69) is 12.1 Å². The van der Waals surface area contributed by atoms with E-state index in [1.54, 1.807) is 4.90 Å². The number of benzene rings is 2. The summed E-state index contributed by atoms with van der Waals surface area (Å²) >= 11 is 6.01. The van der Waals surface area contributed by atoms with Crippen molar-refractivity contribution < 1.29 is 9.18 Å². The molecule has 3 nitrogen and oxygen atoms in total. The van der Waals surface area contributed by atoms with Gasteiger partial charge in [-0.1, -0.05) is 41.9 Å². The van der Waals surface area contributed by atoms with Gasteiger partial charge in [0.2, 0.25) is 0 Å². The Morgan fingerprint density at radius 1 is 1.22 bits per heavy atom. The van der Waals surface area contributed by atoms with Crippen molar-refractivity contribution in [3.05, 3.63) is 70.5 Å². The molecule has 2 aromatic carbocycles.